The number of hydrogen-bond acceptors (Lipinski definition) is 6. The van der Waals surface area contributed by atoms with Gasteiger partial charge in [-0.1, -0.05) is 0 Å². The molecule has 1 aromatic rings. The second kappa shape index (κ2) is 4.91. The number of rotatable bonds is 2. The van der Waals surface area contributed by atoms with Crippen LogP contribution in [0.1, 0.15) is 12.5 Å². The average molecular weight is 359 g/mol. The SMILES string of the molecule is CC12COC(=O)N1C(=O)N(c1ccc([N+](=O)[O-])c(C(F)(F)F)c1)C2=O. The smallest absolute Gasteiger partial charge is 0.423 e. The molecule has 12 heteroatoms. The van der Waals surface area contributed by atoms with E-state index in [0.29, 0.717) is 21.9 Å². The molecule has 2 heterocycles. The molecule has 132 valence electrons. The van der Waals surface area contributed by atoms with Gasteiger partial charge in [0.1, 0.15) is 12.2 Å². The van der Waals surface area contributed by atoms with E-state index in [-0.39, 0.29) is 0 Å². The first-order valence-electron chi connectivity index (χ1n) is 6.69. The number of alkyl halides is 3. The average Bonchev–Trinajstić information content (AvgIpc) is 2.91. The number of cyclic esters (lactones) is 1. The monoisotopic (exact) mass is 359 g/mol. The highest BCUT2D eigenvalue weighted by molar-refractivity contribution is 6.27. The third kappa shape index (κ3) is 2.21. The highest BCUT2D eigenvalue weighted by Crippen LogP contribution is 2.41. The standard InChI is InChI=1S/C13H8F3N3O6/c1-12-5-25-11(22)18(12)10(21)17(9(12)20)6-2-3-8(19(23)24)7(4-6)13(14,15)16/h2-4H,5H2,1H3. The van der Waals surface area contributed by atoms with E-state index in [1.807, 2.05) is 0 Å². The lowest BCUT2D eigenvalue weighted by atomic mass is 10.0. The van der Waals surface area contributed by atoms with E-state index in [2.05, 4.69) is 4.74 Å². The van der Waals surface area contributed by atoms with Gasteiger partial charge in [0.25, 0.3) is 11.6 Å². The van der Waals surface area contributed by atoms with Crippen LogP contribution in [0.15, 0.2) is 18.2 Å². The van der Waals surface area contributed by atoms with Crippen LogP contribution in [0.4, 0.5) is 34.1 Å². The summed E-state index contributed by atoms with van der Waals surface area (Å²) in [6, 6.07) is 0.519. The third-order valence-corrected chi connectivity index (χ3v) is 3.94. The Morgan fingerprint density at radius 3 is 2.44 bits per heavy atom. The summed E-state index contributed by atoms with van der Waals surface area (Å²) >= 11 is 0. The van der Waals surface area contributed by atoms with Crippen LogP contribution >= 0.6 is 0 Å². The highest BCUT2D eigenvalue weighted by atomic mass is 19.4. The van der Waals surface area contributed by atoms with Gasteiger partial charge >= 0.3 is 18.3 Å². The Morgan fingerprint density at radius 2 is 1.92 bits per heavy atom. The van der Waals surface area contributed by atoms with Crippen LogP contribution in [0.25, 0.3) is 0 Å². The number of hydrogen-bond donors (Lipinski definition) is 0. The van der Waals surface area contributed by atoms with Crippen molar-refractivity contribution in [1.29, 1.82) is 0 Å². The van der Waals surface area contributed by atoms with Crippen molar-refractivity contribution >= 4 is 29.4 Å². The molecular weight excluding hydrogens is 351 g/mol. The summed E-state index contributed by atoms with van der Waals surface area (Å²) in [7, 11) is 0. The molecule has 1 aromatic carbocycles. The number of carbonyl (C=O) groups excluding carboxylic acids is 3. The Kier molecular flexibility index (Phi) is 3.27. The number of imide groups is 2. The molecule has 0 aromatic heterocycles. The molecule has 1 unspecified atom stereocenters. The Hall–Kier alpha value is -3.18. The summed E-state index contributed by atoms with van der Waals surface area (Å²) in [6.45, 7) is 0.792. The molecule has 0 N–H and O–H groups in total. The molecule has 4 amide bonds. The maximum Gasteiger partial charge on any atom is 0.423 e. The van der Waals surface area contributed by atoms with Crippen LogP contribution in [0.2, 0.25) is 0 Å². The minimum atomic E-state index is -5.08. The summed E-state index contributed by atoms with van der Waals surface area (Å²) in [5, 5.41) is 10.8. The Bertz CT molecular complexity index is 839. The summed E-state index contributed by atoms with van der Waals surface area (Å²) in [5.41, 5.74) is -5.04. The third-order valence-electron chi connectivity index (χ3n) is 3.94. The molecule has 0 aliphatic carbocycles. The topological polar surface area (TPSA) is 110 Å². The van der Waals surface area contributed by atoms with Crippen molar-refractivity contribution < 1.29 is 37.2 Å². The van der Waals surface area contributed by atoms with Gasteiger partial charge in [0.15, 0.2) is 5.54 Å². The molecule has 1 atom stereocenters. The van der Waals surface area contributed by atoms with Crippen molar-refractivity contribution in [3.05, 3.63) is 33.9 Å². The van der Waals surface area contributed by atoms with Gasteiger partial charge in [-0.05, 0) is 19.1 Å². The molecule has 0 radical (unpaired) electrons. The molecule has 2 saturated heterocycles. The molecule has 3 rings (SSSR count). The molecule has 25 heavy (non-hydrogen) atoms. The van der Waals surface area contributed by atoms with Crippen LogP contribution in [0.5, 0.6) is 0 Å². The van der Waals surface area contributed by atoms with Crippen molar-refractivity contribution in [2.75, 3.05) is 11.5 Å². The number of nitrogens with zero attached hydrogens (tertiary/aromatic N) is 3. The summed E-state index contributed by atoms with van der Waals surface area (Å²) in [4.78, 5) is 46.8. The van der Waals surface area contributed by atoms with Gasteiger partial charge in [-0.15, -0.1) is 0 Å². The number of urea groups is 1. The molecular formula is C13H8F3N3O6. The summed E-state index contributed by atoms with van der Waals surface area (Å²) in [5.74, 6) is -0.967. The fraction of sp³-hybridized carbons (Fsp3) is 0.308. The zero-order valence-corrected chi connectivity index (χ0v) is 12.4. The zero-order chi connectivity index (χ0) is 18.7. The number of fused-ring (bicyclic) bond motifs is 1. The number of carbonyl (C=O) groups is 3. The lowest BCUT2D eigenvalue weighted by molar-refractivity contribution is -0.388. The van der Waals surface area contributed by atoms with Crippen LogP contribution in [0, 0.1) is 10.1 Å². The first-order valence-corrected chi connectivity index (χ1v) is 6.69. The zero-order valence-electron chi connectivity index (χ0n) is 12.4. The van der Waals surface area contributed by atoms with Gasteiger partial charge in [-0.3, -0.25) is 14.9 Å². The lowest BCUT2D eigenvalue weighted by Gasteiger charge is -2.18. The van der Waals surface area contributed by atoms with Crippen LogP contribution < -0.4 is 4.90 Å². The van der Waals surface area contributed by atoms with E-state index in [0.717, 1.165) is 6.07 Å². The van der Waals surface area contributed by atoms with E-state index in [9.17, 15) is 37.7 Å². The van der Waals surface area contributed by atoms with Crippen molar-refractivity contribution in [2.24, 2.45) is 0 Å². The maximum atomic E-state index is 13.1. The number of ether oxygens (including phenoxy) is 1. The van der Waals surface area contributed by atoms with Crippen molar-refractivity contribution in [3.8, 4) is 0 Å². The van der Waals surface area contributed by atoms with E-state index in [1.165, 1.54) is 6.92 Å². The fourth-order valence-corrected chi connectivity index (χ4v) is 2.68. The number of halogens is 3. The predicted octanol–water partition coefficient (Wildman–Crippen LogP) is 2.29. The molecule has 0 bridgehead atoms. The fourth-order valence-electron chi connectivity index (χ4n) is 2.68. The first-order chi connectivity index (χ1) is 11.5. The maximum absolute atomic E-state index is 13.1. The van der Waals surface area contributed by atoms with Gasteiger partial charge in [0.2, 0.25) is 0 Å². The lowest BCUT2D eigenvalue weighted by Crippen LogP contribution is -2.45. The minimum Gasteiger partial charge on any atom is -0.446 e. The van der Waals surface area contributed by atoms with Gasteiger partial charge in [0.05, 0.1) is 10.6 Å². The summed E-state index contributed by atoms with van der Waals surface area (Å²) < 4.78 is 43.8. The molecule has 0 saturated carbocycles. The van der Waals surface area contributed by atoms with Gasteiger partial charge in [-0.2, -0.15) is 13.2 Å². The Morgan fingerprint density at radius 1 is 1.28 bits per heavy atom. The minimum absolute atomic E-state index is 0.324. The van der Waals surface area contributed by atoms with Gasteiger partial charge < -0.3 is 4.74 Å². The number of anilines is 1. The van der Waals surface area contributed by atoms with Crippen LogP contribution in [0.3, 0.4) is 0 Å². The second-order valence-electron chi connectivity index (χ2n) is 5.54. The quantitative estimate of drug-likeness (QED) is 0.455. The molecule has 2 fully saturated rings. The molecule has 2 aliphatic heterocycles. The largest absolute Gasteiger partial charge is 0.446 e. The van der Waals surface area contributed by atoms with E-state index in [4.69, 9.17) is 0 Å². The number of benzene rings is 1. The number of nitro benzene ring substituents is 1. The number of nitro groups is 1. The van der Waals surface area contributed by atoms with E-state index >= 15 is 0 Å². The Labute approximate surface area is 136 Å². The second-order valence-corrected chi connectivity index (χ2v) is 5.54. The van der Waals surface area contributed by atoms with Crippen LogP contribution in [-0.2, 0) is 15.7 Å². The van der Waals surface area contributed by atoms with Crippen molar-refractivity contribution in [3.63, 3.8) is 0 Å². The van der Waals surface area contributed by atoms with E-state index < -0.39 is 58.2 Å². The van der Waals surface area contributed by atoms with Crippen molar-refractivity contribution in [1.82, 2.24) is 4.90 Å². The predicted molar refractivity (Wildman–Crippen MR) is 72.6 cm³/mol. The normalized spacial score (nSPS) is 23.1. The summed E-state index contributed by atoms with van der Waals surface area (Å²) in [6.07, 6.45) is -6.18. The highest BCUT2D eigenvalue weighted by Gasteiger charge is 2.63. The number of amides is 4. The van der Waals surface area contributed by atoms with Gasteiger partial charge in [-0.25, -0.2) is 19.4 Å². The molecule has 0 spiro atoms. The Balaban J connectivity index is 2.12. The first kappa shape index (κ1) is 16.7. The van der Waals surface area contributed by atoms with Gasteiger partial charge in [0, 0.05) is 6.07 Å². The molecule has 9 nitrogen and oxygen atoms in total. The van der Waals surface area contributed by atoms with Crippen LogP contribution in [-0.4, -0.2) is 40.0 Å². The van der Waals surface area contributed by atoms with Crippen molar-refractivity contribution in [2.45, 2.75) is 18.6 Å². The molecule has 2 aliphatic rings. The van der Waals surface area contributed by atoms with E-state index in [1.54, 1.807) is 0 Å².